The van der Waals surface area contributed by atoms with Crippen molar-refractivity contribution in [1.82, 2.24) is 15.5 Å². The van der Waals surface area contributed by atoms with Crippen molar-refractivity contribution in [2.24, 2.45) is 0 Å². The van der Waals surface area contributed by atoms with E-state index in [0.29, 0.717) is 24.8 Å². The van der Waals surface area contributed by atoms with Gasteiger partial charge in [0.15, 0.2) is 0 Å². The maximum absolute atomic E-state index is 11.8. The van der Waals surface area contributed by atoms with Crippen molar-refractivity contribution in [3.8, 4) is 0 Å². The van der Waals surface area contributed by atoms with Crippen molar-refractivity contribution in [1.29, 1.82) is 0 Å². The standard InChI is InChI=1S/C13H25N3O3S/c1-16-7-4-3-5-10(16)9-14-13(19)15-11(12(17)18)6-8-20-2/h10-11H,3-9H2,1-2H3,(H,17,18)(H2,14,15,19). The van der Waals surface area contributed by atoms with Crippen LogP contribution in [0.2, 0.25) is 0 Å². The number of piperidine rings is 1. The summed E-state index contributed by atoms with van der Waals surface area (Å²) in [5.74, 6) is -0.271. The SMILES string of the molecule is CSCCC(NC(=O)NCC1CCCCN1C)C(=O)O. The molecule has 0 saturated carbocycles. The molecule has 2 amide bonds. The van der Waals surface area contributed by atoms with E-state index in [1.54, 1.807) is 11.8 Å². The molecule has 1 rings (SSSR count). The molecule has 0 aromatic heterocycles. The first-order valence-corrected chi connectivity index (χ1v) is 8.40. The Kier molecular flexibility index (Phi) is 7.76. The molecule has 1 fully saturated rings. The van der Waals surface area contributed by atoms with Crippen LogP contribution in [-0.4, -0.2) is 66.2 Å². The van der Waals surface area contributed by atoms with E-state index < -0.39 is 18.0 Å². The topological polar surface area (TPSA) is 81.7 Å². The Labute approximate surface area is 124 Å². The molecule has 6 nitrogen and oxygen atoms in total. The minimum Gasteiger partial charge on any atom is -0.480 e. The van der Waals surface area contributed by atoms with Gasteiger partial charge in [-0.15, -0.1) is 0 Å². The molecule has 0 radical (unpaired) electrons. The van der Waals surface area contributed by atoms with Gasteiger partial charge in [0.25, 0.3) is 0 Å². The Bertz CT molecular complexity index is 328. The monoisotopic (exact) mass is 303 g/mol. The summed E-state index contributed by atoms with van der Waals surface area (Å²) in [5, 5.41) is 14.4. The largest absolute Gasteiger partial charge is 0.480 e. The third-order valence-electron chi connectivity index (χ3n) is 3.63. The molecule has 0 aromatic carbocycles. The molecule has 2 unspecified atom stereocenters. The van der Waals surface area contributed by atoms with Crippen LogP contribution >= 0.6 is 11.8 Å². The second kappa shape index (κ2) is 9.07. The van der Waals surface area contributed by atoms with E-state index in [9.17, 15) is 9.59 Å². The fourth-order valence-electron chi connectivity index (χ4n) is 2.31. The number of rotatable bonds is 7. The summed E-state index contributed by atoms with van der Waals surface area (Å²) in [6.45, 7) is 1.62. The van der Waals surface area contributed by atoms with E-state index in [1.807, 2.05) is 6.26 Å². The van der Waals surface area contributed by atoms with Crippen molar-refractivity contribution >= 4 is 23.8 Å². The molecule has 0 aromatic rings. The van der Waals surface area contributed by atoms with Crippen LogP contribution in [0.1, 0.15) is 25.7 Å². The summed E-state index contributed by atoms with van der Waals surface area (Å²) in [6, 6.07) is -0.854. The molecule has 1 saturated heterocycles. The lowest BCUT2D eigenvalue weighted by molar-refractivity contribution is -0.139. The lowest BCUT2D eigenvalue weighted by Crippen LogP contribution is -2.50. The number of hydrogen-bond acceptors (Lipinski definition) is 4. The van der Waals surface area contributed by atoms with Gasteiger partial charge < -0.3 is 20.6 Å². The van der Waals surface area contributed by atoms with Crippen molar-refractivity contribution < 1.29 is 14.7 Å². The van der Waals surface area contributed by atoms with Gasteiger partial charge in [0.2, 0.25) is 0 Å². The maximum atomic E-state index is 11.8. The van der Waals surface area contributed by atoms with Crippen LogP contribution in [0.15, 0.2) is 0 Å². The highest BCUT2D eigenvalue weighted by molar-refractivity contribution is 7.98. The Balaban J connectivity index is 2.31. The molecule has 20 heavy (non-hydrogen) atoms. The predicted octanol–water partition coefficient (Wildman–Crippen LogP) is 0.976. The lowest BCUT2D eigenvalue weighted by Gasteiger charge is -2.32. The number of carboxylic acid groups (broad SMARTS) is 1. The van der Waals surface area contributed by atoms with Gasteiger partial charge in [-0.25, -0.2) is 9.59 Å². The van der Waals surface area contributed by atoms with Crippen molar-refractivity contribution in [2.75, 3.05) is 32.1 Å². The highest BCUT2D eigenvalue weighted by Gasteiger charge is 2.22. The first-order valence-electron chi connectivity index (χ1n) is 7.01. The molecular formula is C13H25N3O3S. The number of likely N-dealkylation sites (tertiary alicyclic amines) is 1. The van der Waals surface area contributed by atoms with Crippen molar-refractivity contribution in [3.63, 3.8) is 0 Å². The fraction of sp³-hybridized carbons (Fsp3) is 0.846. The number of thioether (sulfide) groups is 1. The third kappa shape index (κ3) is 6.00. The van der Waals surface area contributed by atoms with Crippen LogP contribution in [0.5, 0.6) is 0 Å². The number of urea groups is 1. The van der Waals surface area contributed by atoms with Gasteiger partial charge in [0.05, 0.1) is 0 Å². The smallest absolute Gasteiger partial charge is 0.326 e. The van der Waals surface area contributed by atoms with Crippen LogP contribution in [0.3, 0.4) is 0 Å². The van der Waals surface area contributed by atoms with Crippen LogP contribution in [0.25, 0.3) is 0 Å². The number of hydrogen-bond donors (Lipinski definition) is 3. The summed E-state index contributed by atoms with van der Waals surface area (Å²) in [4.78, 5) is 25.0. The van der Waals surface area contributed by atoms with Crippen LogP contribution in [-0.2, 0) is 4.79 Å². The highest BCUT2D eigenvalue weighted by Crippen LogP contribution is 2.13. The molecule has 0 bridgehead atoms. The second-order valence-electron chi connectivity index (χ2n) is 5.16. The lowest BCUT2D eigenvalue weighted by atomic mass is 10.0. The third-order valence-corrected chi connectivity index (χ3v) is 4.28. The maximum Gasteiger partial charge on any atom is 0.326 e. The van der Waals surface area contributed by atoms with Crippen LogP contribution in [0.4, 0.5) is 4.79 Å². The predicted molar refractivity (Wildman–Crippen MR) is 81.2 cm³/mol. The molecular weight excluding hydrogens is 278 g/mol. The van der Waals surface area contributed by atoms with Gasteiger partial charge in [-0.1, -0.05) is 6.42 Å². The summed E-state index contributed by atoms with van der Waals surface area (Å²) in [5.41, 5.74) is 0. The van der Waals surface area contributed by atoms with Gasteiger partial charge in [0, 0.05) is 12.6 Å². The number of amides is 2. The summed E-state index contributed by atoms with van der Waals surface area (Å²) < 4.78 is 0. The second-order valence-corrected chi connectivity index (χ2v) is 6.14. The number of nitrogens with zero attached hydrogens (tertiary/aromatic N) is 1. The van der Waals surface area contributed by atoms with E-state index in [-0.39, 0.29) is 0 Å². The summed E-state index contributed by atoms with van der Waals surface area (Å²) in [6.07, 6.45) is 5.81. The molecule has 0 spiro atoms. The first kappa shape index (κ1) is 17.1. The van der Waals surface area contributed by atoms with Crippen LogP contribution in [0, 0.1) is 0 Å². The molecule has 2 atom stereocenters. The van der Waals surface area contributed by atoms with E-state index in [1.165, 1.54) is 12.8 Å². The normalized spacial score (nSPS) is 21.2. The number of carbonyl (C=O) groups excluding carboxylic acids is 1. The Morgan fingerprint density at radius 1 is 1.45 bits per heavy atom. The summed E-state index contributed by atoms with van der Waals surface area (Å²) >= 11 is 1.57. The number of likely N-dealkylation sites (N-methyl/N-ethyl adjacent to an activating group) is 1. The number of carboxylic acids is 1. The molecule has 1 aliphatic heterocycles. The average Bonchev–Trinajstić information content (AvgIpc) is 2.42. The van der Waals surface area contributed by atoms with Gasteiger partial charge in [-0.05, 0) is 44.9 Å². The fourth-order valence-corrected chi connectivity index (χ4v) is 2.79. The first-order chi connectivity index (χ1) is 9.54. The molecule has 0 aliphatic carbocycles. The zero-order chi connectivity index (χ0) is 15.0. The summed E-state index contributed by atoms with van der Waals surface area (Å²) in [7, 11) is 2.06. The van der Waals surface area contributed by atoms with Crippen LogP contribution < -0.4 is 10.6 Å². The quantitative estimate of drug-likeness (QED) is 0.653. The molecule has 7 heteroatoms. The Morgan fingerprint density at radius 2 is 2.20 bits per heavy atom. The Morgan fingerprint density at radius 3 is 2.80 bits per heavy atom. The van der Waals surface area contributed by atoms with E-state index in [2.05, 4.69) is 22.6 Å². The van der Waals surface area contributed by atoms with Gasteiger partial charge in [-0.3, -0.25) is 0 Å². The molecule has 3 N–H and O–H groups in total. The van der Waals surface area contributed by atoms with E-state index >= 15 is 0 Å². The zero-order valence-corrected chi connectivity index (χ0v) is 13.0. The van der Waals surface area contributed by atoms with E-state index in [4.69, 9.17) is 5.11 Å². The van der Waals surface area contributed by atoms with Gasteiger partial charge in [0.1, 0.15) is 6.04 Å². The number of carbonyl (C=O) groups is 2. The Hall–Kier alpha value is -0.950. The minimum absolute atomic E-state index is 0.351. The minimum atomic E-state index is -0.982. The zero-order valence-electron chi connectivity index (χ0n) is 12.2. The van der Waals surface area contributed by atoms with Crippen molar-refractivity contribution in [3.05, 3.63) is 0 Å². The molecule has 1 aliphatic rings. The average molecular weight is 303 g/mol. The molecule has 1 heterocycles. The highest BCUT2D eigenvalue weighted by atomic mass is 32.2. The van der Waals surface area contributed by atoms with Gasteiger partial charge in [-0.2, -0.15) is 11.8 Å². The van der Waals surface area contributed by atoms with Gasteiger partial charge >= 0.3 is 12.0 Å². The van der Waals surface area contributed by atoms with E-state index in [0.717, 1.165) is 13.0 Å². The number of nitrogens with one attached hydrogen (secondary N) is 2. The molecule has 116 valence electrons. The van der Waals surface area contributed by atoms with Crippen molar-refractivity contribution in [2.45, 2.75) is 37.8 Å². The number of aliphatic carboxylic acids is 1.